The van der Waals surface area contributed by atoms with Gasteiger partial charge in [-0.3, -0.25) is 4.79 Å². The number of aliphatic carboxylic acids is 1. The normalized spacial score (nSPS) is 19.2. The zero-order valence-corrected chi connectivity index (χ0v) is 8.88. The van der Waals surface area contributed by atoms with E-state index in [1.165, 1.54) is 0 Å². The van der Waals surface area contributed by atoms with Crippen LogP contribution in [0.3, 0.4) is 0 Å². The minimum absolute atomic E-state index is 0.335. The Balaban J connectivity index is 2.58. The maximum Gasteiger partial charge on any atom is 0.321 e. The Kier molecular flexibility index (Phi) is 3.49. The van der Waals surface area contributed by atoms with Gasteiger partial charge >= 0.3 is 5.97 Å². The van der Waals surface area contributed by atoms with Gasteiger partial charge in [0.15, 0.2) is 0 Å². The number of carbonyl (C=O) groups is 1. The lowest BCUT2D eigenvalue weighted by molar-refractivity contribution is -0.139. The summed E-state index contributed by atoms with van der Waals surface area (Å²) in [6.07, 6.45) is 2.27. The first-order valence-electron chi connectivity index (χ1n) is 4.71. The fraction of sp³-hybridized carbons (Fsp3) is 0.875. The smallest absolute Gasteiger partial charge is 0.321 e. The van der Waals surface area contributed by atoms with Gasteiger partial charge in [-0.2, -0.15) is 0 Å². The van der Waals surface area contributed by atoms with Crippen molar-refractivity contribution in [3.8, 4) is 0 Å². The van der Waals surface area contributed by atoms with Crippen LogP contribution in [0, 0.1) is 0 Å². The van der Waals surface area contributed by atoms with Gasteiger partial charge in [0.1, 0.15) is 6.04 Å². The summed E-state index contributed by atoms with van der Waals surface area (Å²) in [7, 11) is -3.38. The predicted octanol–water partition coefficient (Wildman–Crippen LogP) is 0.321. The van der Waals surface area contributed by atoms with Crippen molar-refractivity contribution in [1.82, 2.24) is 4.72 Å². The first-order valence-corrected chi connectivity index (χ1v) is 6.26. The van der Waals surface area contributed by atoms with Gasteiger partial charge in [-0.05, 0) is 19.3 Å². The Bertz CT molecular complexity index is 307. The number of carboxylic acid groups (broad SMARTS) is 1. The van der Waals surface area contributed by atoms with E-state index >= 15 is 0 Å². The second kappa shape index (κ2) is 4.27. The molecule has 0 unspecified atom stereocenters. The van der Waals surface area contributed by atoms with E-state index < -0.39 is 22.0 Å². The van der Waals surface area contributed by atoms with Crippen molar-refractivity contribution in [3.05, 3.63) is 0 Å². The fourth-order valence-corrected chi connectivity index (χ4v) is 2.76. The molecule has 0 amide bonds. The first-order chi connectivity index (χ1) is 6.47. The molecule has 1 saturated carbocycles. The van der Waals surface area contributed by atoms with Crippen LogP contribution in [-0.4, -0.2) is 30.8 Å². The van der Waals surface area contributed by atoms with Crippen molar-refractivity contribution in [3.63, 3.8) is 0 Å². The van der Waals surface area contributed by atoms with Crippen LogP contribution in [0.15, 0.2) is 0 Å². The Hall–Kier alpha value is -0.620. The highest BCUT2D eigenvalue weighted by Crippen LogP contribution is 2.27. The largest absolute Gasteiger partial charge is 0.480 e. The molecule has 6 heteroatoms. The molecule has 0 aromatic heterocycles. The summed E-state index contributed by atoms with van der Waals surface area (Å²) in [6.45, 7) is 1.82. The summed E-state index contributed by atoms with van der Waals surface area (Å²) in [5.74, 6) is -1.10. The molecular formula is C8H15NO4S. The second-order valence-corrected chi connectivity index (χ2v) is 5.53. The molecule has 0 saturated heterocycles. The molecule has 0 aromatic rings. The van der Waals surface area contributed by atoms with E-state index in [2.05, 4.69) is 4.72 Å². The van der Waals surface area contributed by atoms with Crippen molar-refractivity contribution in [2.24, 2.45) is 0 Å². The number of rotatable bonds is 6. The zero-order chi connectivity index (χ0) is 10.8. The molecule has 0 heterocycles. The lowest BCUT2D eigenvalue weighted by Crippen LogP contribution is -2.42. The minimum atomic E-state index is -3.38. The Morgan fingerprint density at radius 3 is 2.50 bits per heavy atom. The third-order valence-corrected chi connectivity index (χ3v) is 4.11. The van der Waals surface area contributed by atoms with Crippen molar-refractivity contribution in [2.75, 3.05) is 0 Å². The molecule has 0 aromatic carbocycles. The molecule has 2 N–H and O–H groups in total. The van der Waals surface area contributed by atoms with Crippen LogP contribution >= 0.6 is 0 Å². The molecule has 1 aliphatic carbocycles. The number of hydrogen-bond acceptors (Lipinski definition) is 3. The highest BCUT2D eigenvalue weighted by Gasteiger charge is 2.38. The maximum atomic E-state index is 11.4. The Morgan fingerprint density at radius 1 is 1.57 bits per heavy atom. The third kappa shape index (κ3) is 2.95. The van der Waals surface area contributed by atoms with Gasteiger partial charge in [0.2, 0.25) is 10.0 Å². The molecule has 1 rings (SSSR count). The van der Waals surface area contributed by atoms with Gasteiger partial charge in [0.05, 0.1) is 5.25 Å². The number of sulfonamides is 1. The second-order valence-electron chi connectivity index (χ2n) is 3.54. The van der Waals surface area contributed by atoms with E-state index in [4.69, 9.17) is 5.11 Å². The van der Waals surface area contributed by atoms with Crippen molar-refractivity contribution in [2.45, 2.75) is 43.9 Å². The number of hydrogen-bond donors (Lipinski definition) is 2. The third-order valence-electron chi connectivity index (χ3n) is 2.15. The van der Waals surface area contributed by atoms with Gasteiger partial charge in [0.25, 0.3) is 0 Å². The molecule has 82 valence electrons. The molecule has 1 aliphatic rings. The highest BCUT2D eigenvalue weighted by molar-refractivity contribution is 7.90. The lowest BCUT2D eigenvalue weighted by Gasteiger charge is -2.13. The molecule has 14 heavy (non-hydrogen) atoms. The number of carboxylic acids is 1. The van der Waals surface area contributed by atoms with Gasteiger partial charge in [0, 0.05) is 0 Å². The van der Waals surface area contributed by atoms with Gasteiger partial charge in [-0.15, -0.1) is 0 Å². The van der Waals surface area contributed by atoms with Crippen molar-refractivity contribution in [1.29, 1.82) is 0 Å². The van der Waals surface area contributed by atoms with E-state index in [0.717, 1.165) is 0 Å². The summed E-state index contributed by atoms with van der Waals surface area (Å²) < 4.78 is 25.0. The monoisotopic (exact) mass is 221 g/mol. The standard InChI is InChI=1S/C8H15NO4S/c1-2-3-7(8(10)11)9-14(12,13)6-4-5-6/h6-7,9H,2-5H2,1H3,(H,10,11)/t7-/m0/s1. The topological polar surface area (TPSA) is 83.5 Å². The van der Waals surface area contributed by atoms with E-state index in [-0.39, 0.29) is 5.25 Å². The molecular weight excluding hydrogens is 206 g/mol. The average molecular weight is 221 g/mol. The molecule has 1 fully saturated rings. The van der Waals surface area contributed by atoms with E-state index in [0.29, 0.717) is 25.7 Å². The molecule has 0 spiro atoms. The van der Waals surface area contributed by atoms with Crippen LogP contribution in [-0.2, 0) is 14.8 Å². The minimum Gasteiger partial charge on any atom is -0.480 e. The summed E-state index contributed by atoms with van der Waals surface area (Å²) >= 11 is 0. The van der Waals surface area contributed by atoms with Crippen molar-refractivity contribution >= 4 is 16.0 Å². The van der Waals surface area contributed by atoms with Gasteiger partial charge < -0.3 is 5.11 Å². The van der Waals surface area contributed by atoms with Crippen LogP contribution in [0.4, 0.5) is 0 Å². The van der Waals surface area contributed by atoms with Crippen LogP contribution in [0.2, 0.25) is 0 Å². The summed E-state index contributed by atoms with van der Waals surface area (Å²) in [5.41, 5.74) is 0. The summed E-state index contributed by atoms with van der Waals surface area (Å²) in [6, 6.07) is -0.967. The van der Waals surface area contributed by atoms with Crippen LogP contribution in [0.1, 0.15) is 32.6 Å². The molecule has 0 bridgehead atoms. The molecule has 1 atom stereocenters. The SMILES string of the molecule is CCC[C@H](NS(=O)(=O)C1CC1)C(=O)O. The van der Waals surface area contributed by atoms with E-state index in [1.54, 1.807) is 0 Å². The predicted molar refractivity (Wildman–Crippen MR) is 51.4 cm³/mol. The van der Waals surface area contributed by atoms with Gasteiger partial charge in [-0.1, -0.05) is 13.3 Å². The molecule has 0 radical (unpaired) electrons. The molecule has 0 aliphatic heterocycles. The quantitative estimate of drug-likeness (QED) is 0.676. The lowest BCUT2D eigenvalue weighted by atomic mass is 10.2. The van der Waals surface area contributed by atoms with Crippen LogP contribution in [0.5, 0.6) is 0 Å². The van der Waals surface area contributed by atoms with Crippen LogP contribution in [0.25, 0.3) is 0 Å². The van der Waals surface area contributed by atoms with E-state index in [1.807, 2.05) is 6.92 Å². The Morgan fingerprint density at radius 2 is 2.14 bits per heavy atom. The summed E-state index contributed by atoms with van der Waals surface area (Å²) in [5, 5.41) is 8.38. The summed E-state index contributed by atoms with van der Waals surface area (Å²) in [4.78, 5) is 10.7. The van der Waals surface area contributed by atoms with Crippen molar-refractivity contribution < 1.29 is 18.3 Å². The molecule has 5 nitrogen and oxygen atoms in total. The number of nitrogens with one attached hydrogen (secondary N) is 1. The fourth-order valence-electron chi connectivity index (χ4n) is 1.19. The maximum absolute atomic E-state index is 11.4. The van der Waals surface area contributed by atoms with Crippen LogP contribution < -0.4 is 4.72 Å². The van der Waals surface area contributed by atoms with Gasteiger partial charge in [-0.25, -0.2) is 13.1 Å². The first kappa shape index (κ1) is 11.5. The Labute approximate surface area is 83.6 Å². The average Bonchev–Trinajstić information content (AvgIpc) is 2.84. The zero-order valence-electron chi connectivity index (χ0n) is 8.06. The highest BCUT2D eigenvalue weighted by atomic mass is 32.2. The van der Waals surface area contributed by atoms with E-state index in [9.17, 15) is 13.2 Å².